The molecule has 7 nitrogen and oxygen atoms in total. The highest BCUT2D eigenvalue weighted by Crippen LogP contribution is 2.22. The fraction of sp³-hybridized carbons (Fsp3) is 0.133. The van der Waals surface area contributed by atoms with Gasteiger partial charge in [0.25, 0.3) is 0 Å². The number of ether oxygens (including phenoxy) is 1. The summed E-state index contributed by atoms with van der Waals surface area (Å²) in [6, 6.07) is 8.17. The van der Waals surface area contributed by atoms with Crippen LogP contribution in [-0.4, -0.2) is 33.8 Å². The summed E-state index contributed by atoms with van der Waals surface area (Å²) in [5, 5.41) is 20.4. The number of hydrogen-bond acceptors (Lipinski definition) is 4. The van der Waals surface area contributed by atoms with Crippen molar-refractivity contribution in [3.05, 3.63) is 54.1 Å². The van der Waals surface area contributed by atoms with Crippen LogP contribution in [0.2, 0.25) is 0 Å². The van der Waals surface area contributed by atoms with Crippen LogP contribution in [0, 0.1) is 0 Å². The second-order valence-electron chi connectivity index (χ2n) is 4.61. The molecule has 0 bridgehead atoms. The van der Waals surface area contributed by atoms with E-state index in [0.29, 0.717) is 0 Å². The number of carboxylic acids is 2. The Kier molecular flexibility index (Phi) is 4.26. The molecule has 22 heavy (non-hydrogen) atoms. The van der Waals surface area contributed by atoms with E-state index in [2.05, 4.69) is 5.32 Å². The zero-order chi connectivity index (χ0) is 16.2. The molecular formula is C15H13NO6. The van der Waals surface area contributed by atoms with Crippen LogP contribution < -0.4 is 10.1 Å². The van der Waals surface area contributed by atoms with Crippen molar-refractivity contribution in [1.82, 2.24) is 5.32 Å². The highest BCUT2D eigenvalue weighted by atomic mass is 16.6. The number of benzene rings is 1. The first-order valence-corrected chi connectivity index (χ1v) is 6.34. The first-order chi connectivity index (χ1) is 10.4. The van der Waals surface area contributed by atoms with Crippen LogP contribution in [-0.2, 0) is 9.59 Å². The maximum Gasteiger partial charge on any atom is 0.413 e. The molecule has 0 aliphatic heterocycles. The predicted molar refractivity (Wildman–Crippen MR) is 75.4 cm³/mol. The summed E-state index contributed by atoms with van der Waals surface area (Å²) in [5.74, 6) is -2.21. The van der Waals surface area contributed by atoms with Gasteiger partial charge in [0, 0.05) is 6.42 Å². The van der Waals surface area contributed by atoms with Gasteiger partial charge in [-0.3, -0.25) is 0 Å². The summed E-state index contributed by atoms with van der Waals surface area (Å²) < 4.78 is 4.98. The van der Waals surface area contributed by atoms with Gasteiger partial charge in [-0.1, -0.05) is 24.3 Å². The molecule has 1 unspecified atom stereocenters. The average Bonchev–Trinajstić information content (AvgIpc) is 2.48. The van der Waals surface area contributed by atoms with Crippen LogP contribution in [0.15, 0.2) is 54.1 Å². The Morgan fingerprint density at radius 2 is 1.82 bits per heavy atom. The number of carbonyl (C=O) groups is 3. The first-order valence-electron chi connectivity index (χ1n) is 6.34. The zero-order valence-electron chi connectivity index (χ0n) is 11.4. The van der Waals surface area contributed by atoms with E-state index in [1.165, 1.54) is 6.08 Å². The summed E-state index contributed by atoms with van der Waals surface area (Å²) >= 11 is 0. The average molecular weight is 303 g/mol. The van der Waals surface area contributed by atoms with Gasteiger partial charge in [-0.15, -0.1) is 0 Å². The van der Waals surface area contributed by atoms with Crippen LogP contribution in [0.3, 0.4) is 0 Å². The lowest BCUT2D eigenvalue weighted by Crippen LogP contribution is -2.54. The number of hydrogen-bond donors (Lipinski definition) is 3. The third kappa shape index (κ3) is 3.32. The SMILES string of the molecule is O=C(NC1(C(=O)O)C=CC(C(=O)O)=CC1)Oc1ccccc1. The molecule has 0 radical (unpaired) electrons. The van der Waals surface area contributed by atoms with E-state index in [0.717, 1.165) is 12.2 Å². The number of aliphatic carboxylic acids is 2. The van der Waals surface area contributed by atoms with Crippen molar-refractivity contribution in [2.24, 2.45) is 0 Å². The van der Waals surface area contributed by atoms with Crippen LogP contribution >= 0.6 is 0 Å². The van der Waals surface area contributed by atoms with E-state index < -0.39 is 23.6 Å². The van der Waals surface area contributed by atoms with Crippen LogP contribution in [0.1, 0.15) is 6.42 Å². The van der Waals surface area contributed by atoms with Gasteiger partial charge in [0.1, 0.15) is 5.75 Å². The zero-order valence-corrected chi connectivity index (χ0v) is 11.4. The summed E-state index contributed by atoms with van der Waals surface area (Å²) in [4.78, 5) is 34.1. The highest BCUT2D eigenvalue weighted by molar-refractivity contribution is 5.93. The van der Waals surface area contributed by atoms with Crippen molar-refractivity contribution in [1.29, 1.82) is 0 Å². The molecule has 1 amide bonds. The second-order valence-corrected chi connectivity index (χ2v) is 4.61. The van der Waals surface area contributed by atoms with Gasteiger partial charge in [0.05, 0.1) is 5.57 Å². The Hall–Kier alpha value is -3.09. The third-order valence-electron chi connectivity index (χ3n) is 3.10. The topological polar surface area (TPSA) is 113 Å². The Balaban J connectivity index is 2.11. The standard InChI is InChI=1S/C15H13NO6/c17-12(18)10-6-8-15(9-7-10,13(19)20)16-14(21)22-11-4-2-1-3-5-11/h1-8H,9H2,(H,16,21)(H,17,18)(H,19,20). The van der Waals surface area contributed by atoms with Gasteiger partial charge in [-0.25, -0.2) is 14.4 Å². The molecule has 0 fully saturated rings. The smallest absolute Gasteiger partial charge is 0.413 e. The number of amides is 1. The Morgan fingerprint density at radius 1 is 1.14 bits per heavy atom. The predicted octanol–water partition coefficient (Wildman–Crippen LogP) is 1.57. The lowest BCUT2D eigenvalue weighted by Gasteiger charge is -2.27. The lowest BCUT2D eigenvalue weighted by molar-refractivity contribution is -0.142. The van der Waals surface area contributed by atoms with Gasteiger partial charge in [-0.05, 0) is 24.3 Å². The van der Waals surface area contributed by atoms with E-state index in [9.17, 15) is 19.5 Å². The molecule has 114 valence electrons. The van der Waals surface area contributed by atoms with Crippen molar-refractivity contribution in [3.8, 4) is 5.75 Å². The van der Waals surface area contributed by atoms with E-state index in [1.54, 1.807) is 30.3 Å². The largest absolute Gasteiger partial charge is 0.479 e. The fourth-order valence-corrected chi connectivity index (χ4v) is 1.91. The number of nitrogens with one attached hydrogen (secondary N) is 1. The summed E-state index contributed by atoms with van der Waals surface area (Å²) in [6.07, 6.45) is 2.38. The molecule has 3 N–H and O–H groups in total. The first kappa shape index (κ1) is 15.3. The molecule has 1 aromatic rings. The van der Waals surface area contributed by atoms with Gasteiger partial charge in [0.15, 0.2) is 5.54 Å². The maximum atomic E-state index is 11.8. The summed E-state index contributed by atoms with van der Waals surface area (Å²) in [7, 11) is 0. The van der Waals surface area contributed by atoms with Gasteiger partial charge >= 0.3 is 18.0 Å². The van der Waals surface area contributed by atoms with Gasteiger partial charge < -0.3 is 20.3 Å². The van der Waals surface area contributed by atoms with Gasteiger partial charge in [0.2, 0.25) is 0 Å². The minimum absolute atomic E-state index is 0.0323. The Labute approximate surface area is 125 Å². The second kappa shape index (κ2) is 6.13. The molecule has 0 saturated heterocycles. The van der Waals surface area contributed by atoms with E-state index in [1.807, 2.05) is 0 Å². The molecule has 0 aromatic heterocycles. The third-order valence-corrected chi connectivity index (χ3v) is 3.10. The maximum absolute atomic E-state index is 11.8. The number of para-hydroxylation sites is 1. The lowest BCUT2D eigenvalue weighted by atomic mass is 9.89. The van der Waals surface area contributed by atoms with Gasteiger partial charge in [-0.2, -0.15) is 0 Å². The molecule has 2 rings (SSSR count). The van der Waals surface area contributed by atoms with E-state index in [4.69, 9.17) is 9.84 Å². The number of rotatable bonds is 4. The van der Waals surface area contributed by atoms with Crippen molar-refractivity contribution >= 4 is 18.0 Å². The molecule has 0 heterocycles. The summed E-state index contributed by atoms with van der Waals surface area (Å²) in [6.45, 7) is 0. The minimum atomic E-state index is -1.73. The Morgan fingerprint density at radius 3 is 2.32 bits per heavy atom. The molecule has 0 spiro atoms. The monoisotopic (exact) mass is 303 g/mol. The molecule has 1 atom stereocenters. The Bertz CT molecular complexity index is 664. The van der Waals surface area contributed by atoms with E-state index >= 15 is 0 Å². The van der Waals surface area contributed by atoms with Crippen molar-refractivity contribution < 1.29 is 29.3 Å². The highest BCUT2D eigenvalue weighted by Gasteiger charge is 2.39. The van der Waals surface area contributed by atoms with Crippen molar-refractivity contribution in [3.63, 3.8) is 0 Å². The number of carbonyl (C=O) groups excluding carboxylic acids is 1. The molecule has 1 aromatic carbocycles. The van der Waals surface area contributed by atoms with Crippen LogP contribution in [0.25, 0.3) is 0 Å². The fourth-order valence-electron chi connectivity index (χ4n) is 1.91. The molecule has 0 saturated carbocycles. The summed E-state index contributed by atoms with van der Waals surface area (Å²) in [5.41, 5.74) is -1.76. The van der Waals surface area contributed by atoms with Crippen molar-refractivity contribution in [2.75, 3.05) is 0 Å². The molecule has 1 aliphatic carbocycles. The quantitative estimate of drug-likeness (QED) is 0.778. The number of carboxylic acid groups (broad SMARTS) is 2. The normalized spacial score (nSPS) is 19.9. The van der Waals surface area contributed by atoms with Crippen LogP contribution in [0.5, 0.6) is 5.75 Å². The van der Waals surface area contributed by atoms with Crippen molar-refractivity contribution in [2.45, 2.75) is 12.0 Å². The molecular weight excluding hydrogens is 290 g/mol. The molecule has 7 heteroatoms. The van der Waals surface area contributed by atoms with E-state index in [-0.39, 0.29) is 17.7 Å². The minimum Gasteiger partial charge on any atom is -0.479 e. The van der Waals surface area contributed by atoms with Crippen LogP contribution in [0.4, 0.5) is 4.79 Å². The molecule has 1 aliphatic rings.